The molecule has 2 aliphatic heterocycles. The van der Waals surface area contributed by atoms with Crippen LogP contribution < -0.4 is 4.74 Å². The van der Waals surface area contributed by atoms with Crippen molar-refractivity contribution in [1.82, 2.24) is 0 Å². The molecule has 2 aromatic carbocycles. The van der Waals surface area contributed by atoms with E-state index in [1.807, 2.05) is 36.4 Å². The maximum absolute atomic E-state index is 11.5. The Morgan fingerprint density at radius 3 is 2.35 bits per heavy atom. The van der Waals surface area contributed by atoms with Gasteiger partial charge in [0.25, 0.3) is 0 Å². The number of carbonyl (C=O) groups is 1. The highest BCUT2D eigenvalue weighted by Crippen LogP contribution is 2.77. The maximum Gasteiger partial charge on any atom is 0.308 e. The second-order valence-electron chi connectivity index (χ2n) is 9.80. The molecular formula is C25H30O5S. The third kappa shape index (κ3) is 3.32. The van der Waals surface area contributed by atoms with Crippen molar-refractivity contribution >= 4 is 17.7 Å². The van der Waals surface area contributed by atoms with E-state index in [0.717, 1.165) is 11.1 Å². The number of hydrogen-bond acceptors (Lipinski definition) is 6. The number of esters is 1. The average molecular weight is 443 g/mol. The third-order valence-corrected chi connectivity index (χ3v) is 8.16. The summed E-state index contributed by atoms with van der Waals surface area (Å²) in [5.74, 6) is 0.135. The van der Waals surface area contributed by atoms with Crippen molar-refractivity contribution in [1.29, 1.82) is 0 Å². The smallest absolute Gasteiger partial charge is 0.308 e. The molecule has 3 unspecified atom stereocenters. The van der Waals surface area contributed by atoms with Crippen LogP contribution in [-0.4, -0.2) is 17.0 Å². The Balaban J connectivity index is 1.74. The average Bonchev–Trinajstić information content (AvgIpc) is 2.80. The molecule has 2 aromatic rings. The van der Waals surface area contributed by atoms with E-state index in [-0.39, 0.29) is 22.2 Å². The van der Waals surface area contributed by atoms with E-state index in [2.05, 4.69) is 46.8 Å². The van der Waals surface area contributed by atoms with Crippen molar-refractivity contribution in [3.05, 3.63) is 65.7 Å². The molecule has 2 aliphatic rings. The predicted octanol–water partition coefficient (Wildman–Crippen LogP) is 5.83. The fourth-order valence-corrected chi connectivity index (χ4v) is 7.13. The first-order chi connectivity index (χ1) is 14.5. The molecule has 2 saturated heterocycles. The van der Waals surface area contributed by atoms with Crippen LogP contribution in [0.25, 0.3) is 0 Å². The molecule has 0 aliphatic carbocycles. The van der Waals surface area contributed by atoms with E-state index in [0.29, 0.717) is 12.4 Å². The van der Waals surface area contributed by atoms with Gasteiger partial charge in [-0.2, -0.15) is 0 Å². The van der Waals surface area contributed by atoms with E-state index < -0.39 is 10.5 Å². The van der Waals surface area contributed by atoms with Crippen LogP contribution in [-0.2, 0) is 30.8 Å². The molecule has 0 N–H and O–H groups in total. The zero-order valence-corrected chi connectivity index (χ0v) is 19.7. The minimum atomic E-state index is -0.785. The van der Waals surface area contributed by atoms with E-state index >= 15 is 0 Å². The van der Waals surface area contributed by atoms with Gasteiger partial charge in [0.15, 0.2) is 5.60 Å². The van der Waals surface area contributed by atoms with Crippen molar-refractivity contribution in [2.75, 3.05) is 0 Å². The number of carbonyl (C=O) groups excluding carboxylic acids is 1. The Bertz CT molecular complexity index is 967. The van der Waals surface area contributed by atoms with Crippen molar-refractivity contribution < 1.29 is 24.0 Å². The maximum atomic E-state index is 11.5. The lowest BCUT2D eigenvalue weighted by atomic mass is 9.57. The lowest BCUT2D eigenvalue weighted by molar-refractivity contribution is -0.568. The summed E-state index contributed by atoms with van der Waals surface area (Å²) in [5.41, 5.74) is 0.553. The Morgan fingerprint density at radius 2 is 1.77 bits per heavy atom. The van der Waals surface area contributed by atoms with Crippen molar-refractivity contribution in [2.45, 2.75) is 64.1 Å². The number of ether oxygens (including phenoxy) is 2. The molecule has 31 heavy (non-hydrogen) atoms. The standard InChI is InChI=1S/C25H30O5S/c1-17(26)28-20-14-10-13-19(15-20)24-25(30-29-24,22(2,3)4)23(5,6)21(31-24)27-16-18-11-8-7-9-12-18/h7-15,21H,16H2,1-6H3. The number of benzene rings is 2. The minimum absolute atomic E-state index is 0.174. The molecule has 5 nitrogen and oxygen atoms in total. The molecule has 0 bridgehead atoms. The van der Waals surface area contributed by atoms with Crippen LogP contribution in [0.2, 0.25) is 0 Å². The lowest BCUT2D eigenvalue weighted by Crippen LogP contribution is -2.72. The van der Waals surface area contributed by atoms with E-state index in [1.54, 1.807) is 17.8 Å². The molecule has 0 aromatic heterocycles. The molecule has 2 heterocycles. The van der Waals surface area contributed by atoms with Gasteiger partial charge in [0.05, 0.1) is 6.61 Å². The molecule has 0 saturated carbocycles. The van der Waals surface area contributed by atoms with Gasteiger partial charge in [0.1, 0.15) is 11.2 Å². The number of hydrogen-bond donors (Lipinski definition) is 0. The fraction of sp³-hybridized carbons (Fsp3) is 0.480. The zero-order chi connectivity index (χ0) is 22.5. The zero-order valence-electron chi connectivity index (χ0n) is 18.9. The van der Waals surface area contributed by atoms with Gasteiger partial charge >= 0.3 is 5.97 Å². The van der Waals surface area contributed by atoms with Crippen molar-refractivity contribution in [3.63, 3.8) is 0 Å². The molecule has 166 valence electrons. The monoisotopic (exact) mass is 442 g/mol. The summed E-state index contributed by atoms with van der Waals surface area (Å²) < 4.78 is 11.8. The first kappa shape index (κ1) is 22.3. The molecule has 4 rings (SSSR count). The molecular weight excluding hydrogens is 412 g/mol. The van der Waals surface area contributed by atoms with Crippen LogP contribution in [0.4, 0.5) is 0 Å². The largest absolute Gasteiger partial charge is 0.427 e. The Morgan fingerprint density at radius 1 is 1.06 bits per heavy atom. The quantitative estimate of drug-likeness (QED) is 0.330. The highest BCUT2D eigenvalue weighted by molar-refractivity contribution is 8.01. The predicted molar refractivity (Wildman–Crippen MR) is 120 cm³/mol. The summed E-state index contributed by atoms with van der Waals surface area (Å²) in [7, 11) is 0. The molecule has 2 fully saturated rings. The second kappa shape index (κ2) is 7.62. The van der Waals surface area contributed by atoms with Crippen LogP contribution in [0.15, 0.2) is 54.6 Å². The van der Waals surface area contributed by atoms with Crippen LogP contribution in [0.5, 0.6) is 5.75 Å². The fourth-order valence-electron chi connectivity index (χ4n) is 5.12. The summed E-state index contributed by atoms with van der Waals surface area (Å²) in [6.07, 6.45) is 0. The van der Waals surface area contributed by atoms with Gasteiger partial charge in [-0.3, -0.25) is 4.79 Å². The Labute approximate surface area is 188 Å². The van der Waals surface area contributed by atoms with Gasteiger partial charge in [0, 0.05) is 17.9 Å². The summed E-state index contributed by atoms with van der Waals surface area (Å²) in [6.45, 7) is 12.8. The van der Waals surface area contributed by atoms with Gasteiger partial charge in [-0.25, -0.2) is 9.78 Å². The van der Waals surface area contributed by atoms with E-state index in [1.165, 1.54) is 6.92 Å². The van der Waals surface area contributed by atoms with Crippen LogP contribution >= 0.6 is 11.8 Å². The van der Waals surface area contributed by atoms with Crippen LogP contribution in [0.1, 0.15) is 52.7 Å². The number of thioether (sulfide) groups is 1. The van der Waals surface area contributed by atoms with Crippen molar-refractivity contribution in [2.24, 2.45) is 10.8 Å². The normalized spacial score (nSPS) is 29.2. The number of fused-ring (bicyclic) bond motifs is 1. The molecule has 3 atom stereocenters. The second-order valence-corrected chi connectivity index (χ2v) is 11.0. The van der Waals surface area contributed by atoms with Gasteiger partial charge in [0.2, 0.25) is 4.93 Å². The van der Waals surface area contributed by atoms with Gasteiger partial charge in [-0.15, -0.1) is 0 Å². The minimum Gasteiger partial charge on any atom is -0.427 e. The Kier molecular flexibility index (Phi) is 5.49. The van der Waals surface area contributed by atoms with Crippen LogP contribution in [0.3, 0.4) is 0 Å². The highest BCUT2D eigenvalue weighted by atomic mass is 32.2. The summed E-state index contributed by atoms with van der Waals surface area (Å²) in [4.78, 5) is 22.8. The first-order valence-corrected chi connectivity index (χ1v) is 11.4. The lowest BCUT2D eigenvalue weighted by Gasteiger charge is -2.62. The summed E-state index contributed by atoms with van der Waals surface area (Å²) in [5, 5.41) is 0. The van der Waals surface area contributed by atoms with Gasteiger partial charge < -0.3 is 9.47 Å². The topological polar surface area (TPSA) is 54.0 Å². The summed E-state index contributed by atoms with van der Waals surface area (Å²) in [6, 6.07) is 17.7. The van der Waals surface area contributed by atoms with E-state index in [4.69, 9.17) is 19.2 Å². The molecule has 6 heteroatoms. The third-order valence-electron chi connectivity index (χ3n) is 6.29. The molecule has 0 amide bonds. The van der Waals surface area contributed by atoms with Crippen LogP contribution in [0, 0.1) is 10.8 Å². The van der Waals surface area contributed by atoms with Gasteiger partial charge in [-0.1, -0.05) is 88.8 Å². The number of rotatable bonds is 5. The first-order valence-electron chi connectivity index (χ1n) is 10.5. The van der Waals surface area contributed by atoms with Crippen molar-refractivity contribution in [3.8, 4) is 5.75 Å². The van der Waals surface area contributed by atoms with Gasteiger partial charge in [-0.05, 0) is 23.1 Å². The van der Waals surface area contributed by atoms with E-state index in [9.17, 15) is 4.79 Å². The molecule has 0 spiro atoms. The molecule has 0 radical (unpaired) electrons. The SMILES string of the molecule is CC(=O)Oc1cccc(C23OOC2(C(C)(C)C)C(C)(C)C(OCc2ccccc2)S3)c1. The Hall–Kier alpha value is -1.86. The summed E-state index contributed by atoms with van der Waals surface area (Å²) >= 11 is 1.63. The highest BCUT2D eigenvalue weighted by Gasteiger charge is 2.83.